The van der Waals surface area contributed by atoms with Crippen LogP contribution in [0.3, 0.4) is 0 Å². The Morgan fingerprint density at radius 1 is 1.00 bits per heavy atom. The van der Waals surface area contributed by atoms with Crippen molar-refractivity contribution in [2.45, 2.75) is 6.92 Å². The van der Waals surface area contributed by atoms with E-state index in [4.69, 9.17) is 0 Å². The van der Waals surface area contributed by atoms with Crippen LogP contribution in [0.1, 0.15) is 4.88 Å². The van der Waals surface area contributed by atoms with Gasteiger partial charge in [0, 0.05) is 15.8 Å². The molecule has 0 unspecified atom stereocenters. The smallest absolute Gasteiger partial charge is 0.267 e. The van der Waals surface area contributed by atoms with Crippen LogP contribution in [0.5, 0.6) is 0 Å². The molecule has 4 nitrogen and oxygen atoms in total. The Bertz CT molecular complexity index is 1050. The first-order chi connectivity index (χ1) is 11.2. The number of thiazole rings is 1. The molecule has 0 spiro atoms. The lowest BCUT2D eigenvalue weighted by molar-refractivity contribution is 0.813. The van der Waals surface area contributed by atoms with Crippen molar-refractivity contribution in [2.75, 3.05) is 0 Å². The molecule has 5 heteroatoms. The van der Waals surface area contributed by atoms with Gasteiger partial charge in [0.25, 0.3) is 5.56 Å². The zero-order valence-electron chi connectivity index (χ0n) is 12.4. The maximum absolute atomic E-state index is 12.7. The molecule has 0 atom stereocenters. The molecule has 2 heterocycles. The SMILES string of the molecule is Cc1sc(-n2ncc3ccccc3c2=O)nc1-c1ccccc1. The third-order valence-electron chi connectivity index (χ3n) is 3.71. The highest BCUT2D eigenvalue weighted by Gasteiger charge is 2.14. The lowest BCUT2D eigenvalue weighted by Gasteiger charge is -2.01. The summed E-state index contributed by atoms with van der Waals surface area (Å²) < 4.78 is 1.38. The molecule has 0 aliphatic heterocycles. The standard InChI is InChI=1S/C18H13N3OS/c1-12-16(13-7-3-2-4-8-13)20-18(23-12)21-17(22)15-10-6-5-9-14(15)11-19-21/h2-11H,1H3. The fourth-order valence-electron chi connectivity index (χ4n) is 2.56. The van der Waals surface area contributed by atoms with Crippen molar-refractivity contribution in [1.82, 2.24) is 14.8 Å². The van der Waals surface area contributed by atoms with Crippen molar-refractivity contribution in [3.63, 3.8) is 0 Å². The summed E-state index contributed by atoms with van der Waals surface area (Å²) in [5.41, 5.74) is 1.80. The van der Waals surface area contributed by atoms with E-state index in [2.05, 4.69) is 10.1 Å². The quantitative estimate of drug-likeness (QED) is 0.564. The maximum Gasteiger partial charge on any atom is 0.281 e. The number of fused-ring (bicyclic) bond motifs is 1. The van der Waals surface area contributed by atoms with Crippen LogP contribution in [0, 0.1) is 6.92 Å². The molecule has 23 heavy (non-hydrogen) atoms. The summed E-state index contributed by atoms with van der Waals surface area (Å²) >= 11 is 1.47. The average molecular weight is 319 g/mol. The Morgan fingerprint density at radius 3 is 2.57 bits per heavy atom. The molecule has 4 rings (SSSR count). The minimum atomic E-state index is -0.142. The van der Waals surface area contributed by atoms with Crippen LogP contribution in [-0.4, -0.2) is 14.8 Å². The number of aryl methyl sites for hydroxylation is 1. The summed E-state index contributed by atoms with van der Waals surface area (Å²) in [5, 5.41) is 6.36. The van der Waals surface area contributed by atoms with Gasteiger partial charge >= 0.3 is 0 Å². The predicted octanol–water partition coefficient (Wildman–Crippen LogP) is 3.82. The van der Waals surface area contributed by atoms with Gasteiger partial charge in [-0.1, -0.05) is 59.9 Å². The van der Waals surface area contributed by atoms with E-state index in [1.807, 2.05) is 61.5 Å². The van der Waals surface area contributed by atoms with Gasteiger partial charge in [0.2, 0.25) is 5.13 Å². The van der Waals surface area contributed by atoms with Gasteiger partial charge in [-0.05, 0) is 13.0 Å². The van der Waals surface area contributed by atoms with E-state index in [1.54, 1.807) is 6.20 Å². The number of aromatic nitrogens is 3. The highest BCUT2D eigenvalue weighted by atomic mass is 32.1. The first kappa shape index (κ1) is 13.8. The zero-order valence-corrected chi connectivity index (χ0v) is 13.2. The number of hydrogen-bond donors (Lipinski definition) is 0. The third-order valence-corrected chi connectivity index (χ3v) is 4.66. The van der Waals surface area contributed by atoms with E-state index in [1.165, 1.54) is 16.0 Å². The molecule has 0 N–H and O–H groups in total. The third kappa shape index (κ3) is 2.35. The summed E-state index contributed by atoms with van der Waals surface area (Å²) in [7, 11) is 0. The Hall–Kier alpha value is -2.79. The van der Waals surface area contributed by atoms with Gasteiger partial charge in [0.05, 0.1) is 17.3 Å². The van der Waals surface area contributed by atoms with Gasteiger partial charge in [-0.2, -0.15) is 9.78 Å². The van der Waals surface area contributed by atoms with E-state index in [0.717, 1.165) is 21.5 Å². The van der Waals surface area contributed by atoms with Crippen LogP contribution in [0.15, 0.2) is 65.6 Å². The van der Waals surface area contributed by atoms with Crippen molar-refractivity contribution in [3.8, 4) is 16.4 Å². The number of rotatable bonds is 2. The average Bonchev–Trinajstić information content (AvgIpc) is 2.98. The van der Waals surface area contributed by atoms with Crippen molar-refractivity contribution >= 4 is 22.1 Å². The van der Waals surface area contributed by atoms with Crippen LogP contribution in [-0.2, 0) is 0 Å². The van der Waals surface area contributed by atoms with Crippen molar-refractivity contribution < 1.29 is 0 Å². The number of hydrogen-bond acceptors (Lipinski definition) is 4. The van der Waals surface area contributed by atoms with E-state index >= 15 is 0 Å². The van der Waals surface area contributed by atoms with Gasteiger partial charge < -0.3 is 0 Å². The molecule has 0 bridgehead atoms. The summed E-state index contributed by atoms with van der Waals surface area (Å²) in [4.78, 5) is 18.4. The van der Waals surface area contributed by atoms with Gasteiger partial charge in [0.1, 0.15) is 0 Å². The van der Waals surface area contributed by atoms with Crippen molar-refractivity contribution in [1.29, 1.82) is 0 Å². The van der Waals surface area contributed by atoms with Crippen LogP contribution < -0.4 is 5.56 Å². The normalized spacial score (nSPS) is 11.0. The van der Waals surface area contributed by atoms with Crippen LogP contribution in [0.25, 0.3) is 27.2 Å². The van der Waals surface area contributed by atoms with Crippen molar-refractivity contribution in [3.05, 3.63) is 76.0 Å². The lowest BCUT2D eigenvalue weighted by atomic mass is 10.1. The van der Waals surface area contributed by atoms with Crippen LogP contribution in [0.2, 0.25) is 0 Å². The molecule has 0 radical (unpaired) electrons. The predicted molar refractivity (Wildman–Crippen MR) is 93.2 cm³/mol. The summed E-state index contributed by atoms with van der Waals surface area (Å²) in [5.74, 6) is 0. The molecule has 0 aliphatic rings. The Morgan fingerprint density at radius 2 is 1.74 bits per heavy atom. The fourth-order valence-corrected chi connectivity index (χ4v) is 3.45. The second-order valence-electron chi connectivity index (χ2n) is 5.22. The maximum atomic E-state index is 12.7. The highest BCUT2D eigenvalue weighted by Crippen LogP contribution is 2.28. The summed E-state index contributed by atoms with van der Waals surface area (Å²) in [6, 6.07) is 17.4. The first-order valence-corrected chi connectivity index (χ1v) is 8.06. The molecular formula is C18H13N3OS. The Kier molecular flexibility index (Phi) is 3.28. The fraction of sp³-hybridized carbons (Fsp3) is 0.0556. The number of nitrogens with zero attached hydrogens (tertiary/aromatic N) is 3. The molecule has 2 aromatic heterocycles. The highest BCUT2D eigenvalue weighted by molar-refractivity contribution is 7.14. The van der Waals surface area contributed by atoms with Gasteiger partial charge in [0.15, 0.2) is 0 Å². The molecule has 0 amide bonds. The van der Waals surface area contributed by atoms with E-state index in [0.29, 0.717) is 10.5 Å². The molecule has 0 aliphatic carbocycles. The lowest BCUT2D eigenvalue weighted by Crippen LogP contribution is -2.20. The van der Waals surface area contributed by atoms with Crippen LogP contribution in [0.4, 0.5) is 0 Å². The Labute approximate surface area is 136 Å². The number of benzene rings is 2. The monoisotopic (exact) mass is 319 g/mol. The molecular weight excluding hydrogens is 306 g/mol. The van der Waals surface area contributed by atoms with E-state index in [-0.39, 0.29) is 5.56 Å². The molecule has 2 aromatic carbocycles. The van der Waals surface area contributed by atoms with Gasteiger partial charge in [-0.25, -0.2) is 4.98 Å². The minimum absolute atomic E-state index is 0.142. The van der Waals surface area contributed by atoms with Crippen LogP contribution >= 0.6 is 11.3 Å². The zero-order chi connectivity index (χ0) is 15.8. The minimum Gasteiger partial charge on any atom is -0.267 e. The largest absolute Gasteiger partial charge is 0.281 e. The van der Waals surface area contributed by atoms with E-state index in [9.17, 15) is 4.79 Å². The summed E-state index contributed by atoms with van der Waals surface area (Å²) in [6.45, 7) is 2.01. The van der Waals surface area contributed by atoms with Crippen molar-refractivity contribution in [2.24, 2.45) is 0 Å². The molecule has 4 aromatic rings. The molecule has 0 saturated carbocycles. The second-order valence-corrected chi connectivity index (χ2v) is 6.40. The molecule has 0 fully saturated rings. The summed E-state index contributed by atoms with van der Waals surface area (Å²) in [6.07, 6.45) is 1.70. The second kappa shape index (κ2) is 5.44. The topological polar surface area (TPSA) is 47.8 Å². The molecule has 0 saturated heterocycles. The molecule has 112 valence electrons. The van der Waals surface area contributed by atoms with Gasteiger partial charge in [-0.3, -0.25) is 4.79 Å². The Balaban J connectivity index is 1.90. The van der Waals surface area contributed by atoms with E-state index < -0.39 is 0 Å². The van der Waals surface area contributed by atoms with Gasteiger partial charge in [-0.15, -0.1) is 0 Å². The first-order valence-electron chi connectivity index (χ1n) is 7.24.